The van der Waals surface area contributed by atoms with Crippen molar-refractivity contribution >= 4 is 91.1 Å². The maximum atomic E-state index is 12.6. The molecule has 17 fully saturated rings. The summed E-state index contributed by atoms with van der Waals surface area (Å²) in [6, 6.07) is 0. The lowest BCUT2D eigenvalue weighted by Crippen LogP contribution is -2.59. The smallest absolute Gasteiger partial charge is 0.312 e. The highest BCUT2D eigenvalue weighted by atomic mass is 32.2. The summed E-state index contributed by atoms with van der Waals surface area (Å²) >= 11 is 0. The van der Waals surface area contributed by atoms with E-state index < -0.39 is 93.8 Å². The average Bonchev–Trinajstić information content (AvgIpc) is 1.56. The second kappa shape index (κ2) is 45.8. The minimum atomic E-state index is -3.02. The molecular formula is C110H182O27S2. The highest BCUT2D eigenvalue weighted by molar-refractivity contribution is 7.91. The summed E-state index contributed by atoms with van der Waals surface area (Å²) in [4.78, 5) is 142. The van der Waals surface area contributed by atoms with Crippen molar-refractivity contribution < 1.29 is 126 Å². The van der Waals surface area contributed by atoms with E-state index in [0.717, 1.165) is 127 Å². The molecule has 796 valence electrons. The summed E-state index contributed by atoms with van der Waals surface area (Å²) < 4.78 is 107. The van der Waals surface area contributed by atoms with E-state index in [1.165, 1.54) is 84.7 Å². The van der Waals surface area contributed by atoms with Gasteiger partial charge in [-0.25, -0.2) is 16.8 Å². The third-order valence-electron chi connectivity index (χ3n) is 36.0. The number of cyclic esters (lactones) is 2. The maximum absolute atomic E-state index is 12.6. The van der Waals surface area contributed by atoms with Gasteiger partial charge in [0.15, 0.2) is 0 Å². The maximum Gasteiger partial charge on any atom is 0.312 e. The van der Waals surface area contributed by atoms with Crippen molar-refractivity contribution in [2.24, 2.45) is 132 Å². The van der Waals surface area contributed by atoms with Gasteiger partial charge in [-0.1, -0.05) is 61.8 Å². The van der Waals surface area contributed by atoms with Crippen molar-refractivity contribution in [2.45, 2.75) is 445 Å². The molecule has 0 N–H and O–H groups in total. The number of sulfone groups is 2. The quantitative estimate of drug-likeness (QED) is 0.0573. The van der Waals surface area contributed by atoms with Gasteiger partial charge < -0.3 is 52.1 Å². The molecule has 139 heavy (non-hydrogen) atoms. The Kier molecular flexibility index (Phi) is 38.9. The van der Waals surface area contributed by atoms with Crippen LogP contribution in [0.3, 0.4) is 0 Å². The fourth-order valence-electron chi connectivity index (χ4n) is 24.9. The second-order valence-electron chi connectivity index (χ2n) is 50.6. The Morgan fingerprint density at radius 2 is 0.993 bits per heavy atom. The molecule has 17 rings (SSSR count). The number of rotatable bonds is 26. The minimum absolute atomic E-state index is 0.00857. The number of hydrogen-bond acceptors (Lipinski definition) is 27. The number of Topliss-reactive ketones (excluding diaryl/α,β-unsaturated/α-hetero) is 1. The van der Waals surface area contributed by atoms with Gasteiger partial charge in [-0.3, -0.25) is 57.5 Å². The zero-order valence-corrected chi connectivity index (χ0v) is 92.5. The molecule has 0 aromatic carbocycles. The number of ether oxygens (including phenoxy) is 11. The van der Waals surface area contributed by atoms with E-state index in [2.05, 4.69) is 25.5 Å². The number of fused-ring (bicyclic) bond motifs is 6. The molecule has 0 aromatic rings. The minimum Gasteiger partial charge on any atom is -0.469 e. The fraction of sp³-hybridized carbons (Fsp3) is 0.891. The van der Waals surface area contributed by atoms with Gasteiger partial charge in [0.2, 0.25) is 0 Å². The lowest BCUT2D eigenvalue weighted by atomic mass is 9.46. The predicted molar refractivity (Wildman–Crippen MR) is 529 cm³/mol. The average molecular weight is 2000 g/mol. The van der Waals surface area contributed by atoms with Gasteiger partial charge in [-0.05, 0) is 371 Å². The van der Waals surface area contributed by atoms with Gasteiger partial charge in [0.1, 0.15) is 71.8 Å². The SMILES string of the molecule is CCC(C)(C)C(=O)OC.CCC(C)(C)C(=O)OC(C)(C)C12CC3CC(CC(C3)C1)C2.CCC(C)(C)C(=O)OC(C)(C)C1CCCCS(=O)(=O)CC1.CCC(C)(C)C(=O)OC1(C)CCC(=O)C1.CCC(C)(C)C(=O)OC12CC3CC(CC(CS(C)(=O)=O)(C3)C1)C2.CCC(C)(C)C(=O)OC1C2CC3C1OC(=O)C3C2C(=O)OC.CCC(C)C(=O)OC(C)(C)C1CCCC(=O)O1.O=C1OCC2C3CCC(C3)C12. The summed E-state index contributed by atoms with van der Waals surface area (Å²) in [5.74, 6) is 3.86. The zero-order valence-electron chi connectivity index (χ0n) is 90.9. The van der Waals surface area contributed by atoms with E-state index in [9.17, 15) is 74.4 Å². The molecule has 4 saturated heterocycles. The van der Waals surface area contributed by atoms with Crippen molar-refractivity contribution in [1.29, 1.82) is 0 Å². The van der Waals surface area contributed by atoms with Crippen LogP contribution in [-0.2, 0) is 129 Å². The molecule has 29 heteroatoms. The van der Waals surface area contributed by atoms with Crippen molar-refractivity contribution in [3.05, 3.63) is 0 Å². The van der Waals surface area contributed by atoms with Crippen LogP contribution < -0.4 is 0 Å². The molecule has 0 amide bonds. The van der Waals surface area contributed by atoms with Crippen molar-refractivity contribution in [1.82, 2.24) is 0 Å². The van der Waals surface area contributed by atoms with Gasteiger partial charge in [-0.2, -0.15) is 0 Å². The van der Waals surface area contributed by atoms with Crippen molar-refractivity contribution in [2.75, 3.05) is 44.3 Å². The summed E-state index contributed by atoms with van der Waals surface area (Å²) in [6.07, 6.45) is 30.6. The van der Waals surface area contributed by atoms with Crippen LogP contribution in [0.25, 0.3) is 0 Å². The van der Waals surface area contributed by atoms with Crippen LogP contribution in [0.15, 0.2) is 0 Å². The first kappa shape index (κ1) is 118. The number of hydrogen-bond donors (Lipinski definition) is 0. The molecule has 4 aliphatic heterocycles. The first-order chi connectivity index (χ1) is 64.0. The summed E-state index contributed by atoms with van der Waals surface area (Å²) in [6.45, 7) is 52.8. The molecule has 0 aromatic heterocycles. The molecule has 13 aliphatic carbocycles. The number of carbonyl (C=O) groups excluding carboxylic acids is 12. The van der Waals surface area contributed by atoms with E-state index in [1.54, 1.807) is 13.8 Å². The molecule has 16 unspecified atom stereocenters. The van der Waals surface area contributed by atoms with Crippen LogP contribution in [0.4, 0.5) is 0 Å². The van der Waals surface area contributed by atoms with E-state index in [1.807, 2.05) is 152 Å². The van der Waals surface area contributed by atoms with Crippen LogP contribution in [0, 0.1) is 132 Å². The lowest BCUT2D eigenvalue weighted by molar-refractivity contribution is -0.207. The Labute approximate surface area is 834 Å². The summed E-state index contributed by atoms with van der Waals surface area (Å²) in [5.41, 5.74) is -5.21. The number of methoxy groups -OCH3 is 2. The second-order valence-corrected chi connectivity index (χ2v) is 55.0. The largest absolute Gasteiger partial charge is 0.469 e. The normalized spacial score (nSPS) is 32.7. The van der Waals surface area contributed by atoms with Gasteiger partial charge >= 0.3 is 65.7 Å². The Bertz CT molecular complexity index is 4510. The van der Waals surface area contributed by atoms with Crippen LogP contribution in [-0.4, -0.2) is 179 Å². The van der Waals surface area contributed by atoms with E-state index in [0.29, 0.717) is 86.7 Å². The number of esters is 11. The molecule has 0 spiro atoms. The molecule has 17 aliphatic rings. The van der Waals surface area contributed by atoms with Crippen molar-refractivity contribution in [3.8, 4) is 0 Å². The van der Waals surface area contributed by atoms with Gasteiger partial charge in [0, 0.05) is 48.7 Å². The Hall–Kier alpha value is -6.26. The predicted octanol–water partition coefficient (Wildman–Crippen LogP) is 20.7. The zero-order chi connectivity index (χ0) is 105. The molecule has 12 bridgehead atoms. The molecular weight excluding hydrogens is 1820 g/mol. The van der Waals surface area contributed by atoms with Crippen molar-refractivity contribution in [3.63, 3.8) is 0 Å². The monoisotopic (exact) mass is 2000 g/mol. The molecule has 0 radical (unpaired) electrons. The van der Waals surface area contributed by atoms with E-state index in [-0.39, 0.29) is 134 Å². The topological polar surface area (TPSA) is 375 Å². The number of carbonyl (C=O) groups is 12. The van der Waals surface area contributed by atoms with Crippen LogP contribution >= 0.6 is 0 Å². The van der Waals surface area contributed by atoms with Gasteiger partial charge in [0.05, 0.1) is 94.2 Å². The molecule has 4 heterocycles. The molecule has 27 nitrogen and oxygen atoms in total. The summed E-state index contributed by atoms with van der Waals surface area (Å²) in [5, 5.41) is 0. The van der Waals surface area contributed by atoms with Crippen LogP contribution in [0.2, 0.25) is 0 Å². The van der Waals surface area contributed by atoms with Crippen LogP contribution in [0.5, 0.6) is 0 Å². The van der Waals surface area contributed by atoms with E-state index >= 15 is 0 Å². The fourth-order valence-corrected chi connectivity index (χ4v) is 27.8. The third-order valence-corrected chi connectivity index (χ3v) is 38.9. The highest BCUT2D eigenvalue weighted by Crippen LogP contribution is 2.67. The lowest BCUT2D eigenvalue weighted by Gasteiger charge is -2.61. The molecule has 13 saturated carbocycles. The van der Waals surface area contributed by atoms with Crippen LogP contribution in [0.1, 0.15) is 399 Å². The molecule has 16 atom stereocenters. The highest BCUT2D eigenvalue weighted by Gasteiger charge is 2.71. The van der Waals surface area contributed by atoms with E-state index in [4.69, 9.17) is 47.4 Å². The Balaban J connectivity index is 0.000000197. The first-order valence-corrected chi connectivity index (χ1v) is 56.9. The Morgan fingerprint density at radius 3 is 1.47 bits per heavy atom. The Morgan fingerprint density at radius 1 is 0.489 bits per heavy atom. The third kappa shape index (κ3) is 29.2. The standard InChI is InChI=1S/C19H32O2.C18H30O4S.C16H22O6.C16H30O4S.C13H22O4.C12H20O3.C9H12O2.C7H14O2/c1-6-17(2,3)16(20)21-18(4,5)19-10-13-7-14(11-19)9-15(8-13)12-19;1-5-16(2,3)15(19)22-18-9-13-6-14(10-18)8-17(7-13,11-18)12-23(4,20)21;1-5-16(2,3)15(19)22-12-7-6-8-10(9(7)13(17)20-4)14(18)21-11(8)12;1-6-15(2,3)14(17)20-16(4,5)13-9-7-8-11-21(18,19)12-10-13;1-5-9(2)12(15)17-13(3,4)10-7-6-8-11(14)16-10;1-5-11(2,3)10(14)15-12(4)7-6-9(13)8-12;10-9-8-6-2-1-5(3-6)7(8)4-11-9;1-5-7(2,3)6(8)9-4/h13-15H,6-12H2,1-5H3;13-14H,5-12H2,1-4H3;7-12H,5-6H2,1-4H3;13H,6-12H2,1-5H3;9-10H,5-8H2,1-4H3;5-8H2,1-4H3;5-8H,1-4H2;5H2,1-4H3. The van der Waals surface area contributed by atoms with Gasteiger partial charge in [-0.15, -0.1) is 0 Å². The van der Waals surface area contributed by atoms with Gasteiger partial charge in [0.25, 0.3) is 0 Å². The first-order valence-electron chi connectivity index (χ1n) is 53.0. The number of ketones is 1. The summed E-state index contributed by atoms with van der Waals surface area (Å²) in [7, 11) is -3.22.